The third-order valence-corrected chi connectivity index (χ3v) is 4.70. The summed E-state index contributed by atoms with van der Waals surface area (Å²) in [6, 6.07) is 18.5. The van der Waals surface area contributed by atoms with Gasteiger partial charge < -0.3 is 24.6 Å². The highest BCUT2D eigenvalue weighted by molar-refractivity contribution is 5.89. The third kappa shape index (κ3) is 5.03. The summed E-state index contributed by atoms with van der Waals surface area (Å²) in [6.45, 7) is 2.85. The van der Waals surface area contributed by atoms with Gasteiger partial charge in [-0.3, -0.25) is 0 Å². The zero-order chi connectivity index (χ0) is 21.5. The molecule has 0 aliphatic carbocycles. The van der Waals surface area contributed by atoms with Gasteiger partial charge >= 0.3 is 5.97 Å². The molecule has 0 amide bonds. The first kappa shape index (κ1) is 21.0. The number of methoxy groups -OCH3 is 2. The quantitative estimate of drug-likeness (QED) is 0.525. The summed E-state index contributed by atoms with van der Waals surface area (Å²) in [6.07, 6.45) is 0. The van der Waals surface area contributed by atoms with Crippen molar-refractivity contribution in [3.05, 3.63) is 82.9 Å². The van der Waals surface area contributed by atoms with Gasteiger partial charge in [-0.1, -0.05) is 42.0 Å². The molecule has 0 unspecified atom stereocenters. The highest BCUT2D eigenvalue weighted by Gasteiger charge is 2.13. The average molecular weight is 407 g/mol. The Hall–Kier alpha value is -3.67. The number of carboxylic acids is 1. The largest absolute Gasteiger partial charge is 0.495 e. The second kappa shape index (κ2) is 9.69. The number of para-hydroxylation sites is 1. The molecule has 0 radical (unpaired) electrons. The van der Waals surface area contributed by atoms with Crippen molar-refractivity contribution in [2.75, 3.05) is 19.5 Å². The standard InChI is InChI=1S/C24H25NO5/c1-16-7-9-17(10-8-16)15-30-23-19(5-4-6-22(23)29-3)14-25-20-13-18(24(26)27)11-12-21(20)28-2/h4-13,25H,14-15H2,1-3H3,(H,26,27). The van der Waals surface area contributed by atoms with E-state index >= 15 is 0 Å². The van der Waals surface area contributed by atoms with Crippen LogP contribution in [-0.4, -0.2) is 25.3 Å². The lowest BCUT2D eigenvalue weighted by molar-refractivity contribution is 0.0697. The Bertz CT molecular complexity index is 1010. The zero-order valence-corrected chi connectivity index (χ0v) is 17.3. The van der Waals surface area contributed by atoms with E-state index in [0.29, 0.717) is 36.1 Å². The van der Waals surface area contributed by atoms with E-state index in [9.17, 15) is 9.90 Å². The lowest BCUT2D eigenvalue weighted by Gasteiger charge is -2.17. The highest BCUT2D eigenvalue weighted by Crippen LogP contribution is 2.33. The van der Waals surface area contributed by atoms with Gasteiger partial charge in [0.05, 0.1) is 25.5 Å². The average Bonchev–Trinajstić information content (AvgIpc) is 2.77. The van der Waals surface area contributed by atoms with E-state index in [1.165, 1.54) is 11.6 Å². The second-order valence-corrected chi connectivity index (χ2v) is 6.80. The molecule has 6 heteroatoms. The topological polar surface area (TPSA) is 77.0 Å². The van der Waals surface area contributed by atoms with E-state index in [1.54, 1.807) is 26.4 Å². The number of carboxylic acid groups (broad SMARTS) is 1. The smallest absolute Gasteiger partial charge is 0.335 e. The summed E-state index contributed by atoms with van der Waals surface area (Å²) in [5.41, 5.74) is 3.90. The summed E-state index contributed by atoms with van der Waals surface area (Å²) >= 11 is 0. The summed E-state index contributed by atoms with van der Waals surface area (Å²) in [5, 5.41) is 12.5. The Morgan fingerprint density at radius 1 is 0.967 bits per heavy atom. The van der Waals surface area contributed by atoms with Gasteiger partial charge in [-0.05, 0) is 36.8 Å². The monoisotopic (exact) mass is 407 g/mol. The van der Waals surface area contributed by atoms with Gasteiger partial charge in [-0.2, -0.15) is 0 Å². The lowest BCUT2D eigenvalue weighted by Crippen LogP contribution is -2.07. The molecular formula is C24H25NO5. The van der Waals surface area contributed by atoms with E-state index in [0.717, 1.165) is 11.1 Å². The van der Waals surface area contributed by atoms with Crippen LogP contribution in [0.15, 0.2) is 60.7 Å². The van der Waals surface area contributed by atoms with Crippen LogP contribution in [0, 0.1) is 6.92 Å². The lowest BCUT2D eigenvalue weighted by atomic mass is 10.1. The first-order valence-electron chi connectivity index (χ1n) is 9.51. The molecule has 156 valence electrons. The Kier molecular flexibility index (Phi) is 6.80. The molecule has 0 aliphatic heterocycles. The fraction of sp³-hybridized carbons (Fsp3) is 0.208. The van der Waals surface area contributed by atoms with Crippen LogP contribution >= 0.6 is 0 Å². The maximum Gasteiger partial charge on any atom is 0.335 e. The zero-order valence-electron chi connectivity index (χ0n) is 17.3. The Morgan fingerprint density at radius 3 is 2.37 bits per heavy atom. The Morgan fingerprint density at radius 2 is 1.70 bits per heavy atom. The number of aryl methyl sites for hydroxylation is 1. The minimum atomic E-state index is -0.996. The van der Waals surface area contributed by atoms with Crippen molar-refractivity contribution in [1.82, 2.24) is 0 Å². The van der Waals surface area contributed by atoms with Crippen molar-refractivity contribution in [3.8, 4) is 17.2 Å². The number of anilines is 1. The maximum absolute atomic E-state index is 11.3. The Balaban J connectivity index is 1.81. The first-order valence-corrected chi connectivity index (χ1v) is 9.51. The molecule has 0 bridgehead atoms. The third-order valence-electron chi connectivity index (χ3n) is 4.70. The molecule has 0 heterocycles. The van der Waals surface area contributed by atoms with Gasteiger partial charge in [0, 0.05) is 12.1 Å². The van der Waals surface area contributed by atoms with Crippen molar-refractivity contribution in [3.63, 3.8) is 0 Å². The molecule has 0 spiro atoms. The number of benzene rings is 3. The molecule has 0 atom stereocenters. The molecule has 0 saturated carbocycles. The van der Waals surface area contributed by atoms with Crippen LogP contribution in [0.5, 0.6) is 17.2 Å². The highest BCUT2D eigenvalue weighted by atomic mass is 16.5. The van der Waals surface area contributed by atoms with Crippen molar-refractivity contribution in [2.45, 2.75) is 20.1 Å². The van der Waals surface area contributed by atoms with Gasteiger partial charge in [-0.25, -0.2) is 4.79 Å². The van der Waals surface area contributed by atoms with Crippen molar-refractivity contribution < 1.29 is 24.1 Å². The molecule has 3 rings (SSSR count). The van der Waals surface area contributed by atoms with Crippen LogP contribution in [0.3, 0.4) is 0 Å². The molecule has 0 aliphatic rings. The van der Waals surface area contributed by atoms with Crippen molar-refractivity contribution in [1.29, 1.82) is 0 Å². The van der Waals surface area contributed by atoms with Gasteiger partial charge in [0.2, 0.25) is 0 Å². The molecule has 2 N–H and O–H groups in total. The predicted molar refractivity (Wildman–Crippen MR) is 116 cm³/mol. The van der Waals surface area contributed by atoms with Crippen molar-refractivity contribution in [2.24, 2.45) is 0 Å². The Labute approximate surface area is 176 Å². The van der Waals surface area contributed by atoms with Gasteiger partial charge in [0.1, 0.15) is 12.4 Å². The van der Waals surface area contributed by atoms with E-state index in [-0.39, 0.29) is 5.56 Å². The molecule has 0 fully saturated rings. The SMILES string of the molecule is COc1ccc(C(=O)O)cc1NCc1cccc(OC)c1OCc1ccc(C)cc1. The van der Waals surface area contributed by atoms with Crippen LogP contribution in [0.4, 0.5) is 5.69 Å². The minimum absolute atomic E-state index is 0.180. The number of aromatic carboxylic acids is 1. The van der Waals surface area contributed by atoms with Crippen LogP contribution in [0.2, 0.25) is 0 Å². The van der Waals surface area contributed by atoms with Crippen molar-refractivity contribution >= 4 is 11.7 Å². The minimum Gasteiger partial charge on any atom is -0.495 e. The van der Waals surface area contributed by atoms with E-state index in [2.05, 4.69) is 5.32 Å². The molecule has 0 aromatic heterocycles. The van der Waals surface area contributed by atoms with Crippen LogP contribution in [0.25, 0.3) is 0 Å². The summed E-state index contributed by atoms with van der Waals surface area (Å²) in [7, 11) is 3.15. The number of ether oxygens (including phenoxy) is 3. The van der Waals surface area contributed by atoms with E-state index in [4.69, 9.17) is 14.2 Å². The summed E-state index contributed by atoms with van der Waals surface area (Å²) < 4.78 is 16.9. The molecular weight excluding hydrogens is 382 g/mol. The van der Waals surface area contributed by atoms with Crippen LogP contribution in [-0.2, 0) is 13.2 Å². The fourth-order valence-electron chi connectivity index (χ4n) is 3.03. The van der Waals surface area contributed by atoms with Gasteiger partial charge in [0.15, 0.2) is 11.5 Å². The normalized spacial score (nSPS) is 10.4. The first-order chi connectivity index (χ1) is 14.5. The summed E-state index contributed by atoms with van der Waals surface area (Å²) in [4.78, 5) is 11.3. The number of rotatable bonds is 9. The van der Waals surface area contributed by atoms with E-state index in [1.807, 2.05) is 49.4 Å². The summed E-state index contributed by atoms with van der Waals surface area (Å²) in [5.74, 6) is 0.836. The number of nitrogens with one attached hydrogen (secondary N) is 1. The second-order valence-electron chi connectivity index (χ2n) is 6.80. The van der Waals surface area contributed by atoms with Gasteiger partial charge in [-0.15, -0.1) is 0 Å². The molecule has 3 aromatic rings. The van der Waals surface area contributed by atoms with Crippen LogP contribution < -0.4 is 19.5 Å². The molecule has 0 saturated heterocycles. The molecule has 3 aromatic carbocycles. The fourth-order valence-corrected chi connectivity index (χ4v) is 3.03. The van der Waals surface area contributed by atoms with Crippen LogP contribution in [0.1, 0.15) is 27.0 Å². The molecule has 30 heavy (non-hydrogen) atoms. The number of hydrogen-bond acceptors (Lipinski definition) is 5. The number of hydrogen-bond donors (Lipinski definition) is 2. The van der Waals surface area contributed by atoms with E-state index < -0.39 is 5.97 Å². The molecule has 6 nitrogen and oxygen atoms in total. The number of carbonyl (C=O) groups is 1. The predicted octanol–water partition coefficient (Wildman–Crippen LogP) is 4.90. The maximum atomic E-state index is 11.3. The van der Waals surface area contributed by atoms with Gasteiger partial charge in [0.25, 0.3) is 0 Å².